The third-order valence-electron chi connectivity index (χ3n) is 3.73. The molecule has 8 heteroatoms. The van der Waals surface area contributed by atoms with E-state index in [0.717, 1.165) is 0 Å². The van der Waals surface area contributed by atoms with Crippen LogP contribution < -0.4 is 9.47 Å². The third kappa shape index (κ3) is 4.81. The first-order valence-electron chi connectivity index (χ1n) is 8.48. The van der Waals surface area contributed by atoms with E-state index in [4.69, 9.17) is 18.9 Å². The number of phenols is 1. The molecule has 0 aliphatic rings. The molecule has 2 aromatic carbocycles. The second kappa shape index (κ2) is 9.23. The summed E-state index contributed by atoms with van der Waals surface area (Å²) in [6.45, 7) is 0. The molecule has 8 nitrogen and oxygen atoms in total. The van der Waals surface area contributed by atoms with Crippen molar-refractivity contribution in [1.29, 1.82) is 0 Å². The number of hydrogen-bond acceptors (Lipinski definition) is 8. The molecule has 148 valence electrons. The second-order valence-electron chi connectivity index (χ2n) is 5.62. The lowest BCUT2D eigenvalue weighted by Crippen LogP contribution is -2.06. The van der Waals surface area contributed by atoms with Crippen molar-refractivity contribution in [2.45, 2.75) is 0 Å². The number of rotatable bonds is 7. The van der Waals surface area contributed by atoms with Crippen LogP contribution in [0.2, 0.25) is 0 Å². The zero-order chi connectivity index (χ0) is 20.6. The van der Waals surface area contributed by atoms with Crippen molar-refractivity contribution >= 4 is 11.5 Å². The summed E-state index contributed by atoms with van der Waals surface area (Å²) in [7, 11) is 2.71. The summed E-state index contributed by atoms with van der Waals surface area (Å²) < 4.78 is 21.2. The van der Waals surface area contributed by atoms with E-state index in [1.54, 1.807) is 42.5 Å². The molecule has 1 aromatic heterocycles. The molecule has 0 radical (unpaired) electrons. The molecule has 0 bridgehead atoms. The molecule has 0 aliphatic heterocycles. The molecule has 3 aromatic rings. The zero-order valence-corrected chi connectivity index (χ0v) is 15.7. The van der Waals surface area contributed by atoms with Gasteiger partial charge in [-0.15, -0.1) is 0 Å². The van der Waals surface area contributed by atoms with Crippen molar-refractivity contribution in [3.8, 4) is 29.0 Å². The smallest absolute Gasteiger partial charge is 0.341 e. The Hall–Kier alpha value is -4.07. The Morgan fingerprint density at radius 3 is 2.21 bits per heavy atom. The van der Waals surface area contributed by atoms with Gasteiger partial charge in [-0.3, -0.25) is 0 Å². The molecule has 29 heavy (non-hydrogen) atoms. The van der Waals surface area contributed by atoms with Gasteiger partial charge in [-0.05, 0) is 18.2 Å². The van der Waals surface area contributed by atoms with Gasteiger partial charge in [-0.2, -0.15) is 0 Å². The number of aromatic hydroxyl groups is 1. The average Bonchev–Trinajstić information content (AvgIpc) is 2.74. The number of carbonyl (C=O) groups excluding carboxylic acids is 1. The highest BCUT2D eigenvalue weighted by Gasteiger charge is 2.18. The second-order valence-corrected chi connectivity index (χ2v) is 5.62. The number of aromatic nitrogens is 2. The largest absolute Gasteiger partial charge is 0.504 e. The molecule has 0 spiro atoms. The molecule has 1 heterocycles. The predicted molar refractivity (Wildman–Crippen MR) is 104 cm³/mol. The maximum Gasteiger partial charge on any atom is 0.341 e. The molecule has 0 atom stereocenters. The molecule has 0 saturated carbocycles. The monoisotopic (exact) mass is 394 g/mol. The van der Waals surface area contributed by atoms with Gasteiger partial charge in [0.2, 0.25) is 11.8 Å². The summed E-state index contributed by atoms with van der Waals surface area (Å²) in [6.07, 6.45) is 2.54. The lowest BCUT2D eigenvalue weighted by atomic mass is 10.1. The fourth-order valence-corrected chi connectivity index (χ4v) is 2.43. The number of methoxy groups -OCH3 is 2. The lowest BCUT2D eigenvalue weighted by molar-refractivity contribution is -0.133. The first kappa shape index (κ1) is 19.7. The van der Waals surface area contributed by atoms with Crippen molar-refractivity contribution in [2.75, 3.05) is 14.2 Å². The summed E-state index contributed by atoms with van der Waals surface area (Å²) in [5.74, 6) is 0.358. The number of benzene rings is 2. The van der Waals surface area contributed by atoms with E-state index in [2.05, 4.69) is 9.97 Å². The van der Waals surface area contributed by atoms with Crippen molar-refractivity contribution in [3.05, 3.63) is 72.8 Å². The summed E-state index contributed by atoms with van der Waals surface area (Å²) in [6, 6.07) is 14.8. The van der Waals surface area contributed by atoms with Gasteiger partial charge < -0.3 is 24.1 Å². The number of para-hydroxylation sites is 3. The van der Waals surface area contributed by atoms with Crippen molar-refractivity contribution < 1.29 is 28.8 Å². The summed E-state index contributed by atoms with van der Waals surface area (Å²) in [5.41, 5.74) is 0.647. The summed E-state index contributed by atoms with van der Waals surface area (Å²) in [4.78, 5) is 20.2. The average molecular weight is 394 g/mol. The van der Waals surface area contributed by atoms with E-state index in [-0.39, 0.29) is 28.8 Å². The highest BCUT2D eigenvalue weighted by atomic mass is 16.5. The molecule has 1 N–H and O–H groups in total. The van der Waals surface area contributed by atoms with Crippen LogP contribution in [0.4, 0.5) is 0 Å². The van der Waals surface area contributed by atoms with Crippen LogP contribution in [0.3, 0.4) is 0 Å². The standard InChI is InChI=1S/C21H18N2O6/c1-26-12-15(21(25)27-2)14-7-3-5-9-17(14)28-19-11-20(23-13-22-19)29-18-10-6-4-8-16(18)24/h3-13,24H,1-2H3/b15-12+. The SMILES string of the molecule is CO/C=C(/C(=O)OC)c1ccccc1Oc1cc(Oc2ccccc2O)ncn1. The molecule has 0 aliphatic carbocycles. The van der Waals surface area contributed by atoms with Gasteiger partial charge in [0.15, 0.2) is 11.5 Å². The first-order chi connectivity index (χ1) is 14.1. The molecule has 0 amide bonds. The number of esters is 1. The highest BCUT2D eigenvalue weighted by Crippen LogP contribution is 2.33. The summed E-state index contributed by atoms with van der Waals surface area (Å²) >= 11 is 0. The minimum Gasteiger partial charge on any atom is -0.504 e. The summed E-state index contributed by atoms with van der Waals surface area (Å²) in [5, 5.41) is 9.84. The van der Waals surface area contributed by atoms with E-state index in [1.165, 1.54) is 38.9 Å². The fraction of sp³-hybridized carbons (Fsp3) is 0.0952. The van der Waals surface area contributed by atoms with Crippen molar-refractivity contribution in [1.82, 2.24) is 9.97 Å². The first-order valence-corrected chi connectivity index (χ1v) is 8.48. The maximum atomic E-state index is 12.1. The van der Waals surface area contributed by atoms with Crippen molar-refractivity contribution in [2.24, 2.45) is 0 Å². The van der Waals surface area contributed by atoms with Gasteiger partial charge in [0.1, 0.15) is 17.6 Å². The van der Waals surface area contributed by atoms with E-state index >= 15 is 0 Å². The fourth-order valence-electron chi connectivity index (χ4n) is 2.43. The zero-order valence-electron chi connectivity index (χ0n) is 15.7. The van der Waals surface area contributed by atoms with Crippen LogP contribution in [0.25, 0.3) is 5.57 Å². The molecule has 0 fully saturated rings. The van der Waals surface area contributed by atoms with Crippen LogP contribution in [0.15, 0.2) is 67.2 Å². The normalized spacial score (nSPS) is 10.9. The van der Waals surface area contributed by atoms with Gasteiger partial charge in [0.25, 0.3) is 0 Å². The quantitative estimate of drug-likeness (QED) is 0.366. The van der Waals surface area contributed by atoms with E-state index in [0.29, 0.717) is 11.3 Å². The molecule has 3 rings (SSSR count). The lowest BCUT2D eigenvalue weighted by Gasteiger charge is -2.12. The Bertz CT molecular complexity index is 1030. The van der Waals surface area contributed by atoms with Gasteiger partial charge >= 0.3 is 5.97 Å². The minimum atomic E-state index is -0.575. The number of carbonyl (C=O) groups is 1. The van der Waals surface area contributed by atoms with E-state index in [9.17, 15) is 9.90 Å². The minimum absolute atomic E-state index is 0.0219. The van der Waals surface area contributed by atoms with Gasteiger partial charge in [0, 0.05) is 5.56 Å². The Kier molecular flexibility index (Phi) is 6.26. The van der Waals surface area contributed by atoms with E-state index in [1.807, 2.05) is 0 Å². The topological polar surface area (TPSA) is 100 Å². The van der Waals surface area contributed by atoms with Gasteiger partial charge in [-0.1, -0.05) is 30.3 Å². The number of hydrogen-bond donors (Lipinski definition) is 1. The number of nitrogens with zero attached hydrogens (tertiary/aromatic N) is 2. The van der Waals surface area contributed by atoms with Crippen molar-refractivity contribution in [3.63, 3.8) is 0 Å². The van der Waals surface area contributed by atoms with Crippen LogP contribution in [0.1, 0.15) is 5.56 Å². The van der Waals surface area contributed by atoms with Crippen LogP contribution >= 0.6 is 0 Å². The Morgan fingerprint density at radius 2 is 1.55 bits per heavy atom. The van der Waals surface area contributed by atoms with Gasteiger partial charge in [0.05, 0.1) is 26.5 Å². The van der Waals surface area contributed by atoms with E-state index < -0.39 is 5.97 Å². The maximum absolute atomic E-state index is 12.1. The Labute approximate surface area is 167 Å². The molecule has 0 unspecified atom stereocenters. The Balaban J connectivity index is 1.89. The Morgan fingerprint density at radius 1 is 0.931 bits per heavy atom. The van der Waals surface area contributed by atoms with Gasteiger partial charge in [-0.25, -0.2) is 14.8 Å². The third-order valence-corrected chi connectivity index (χ3v) is 3.73. The number of phenolic OH excluding ortho intramolecular Hbond substituents is 1. The molecule has 0 saturated heterocycles. The van der Waals surface area contributed by atoms with Crippen LogP contribution in [-0.2, 0) is 14.3 Å². The molecular weight excluding hydrogens is 376 g/mol. The predicted octanol–water partition coefficient (Wildman–Crippen LogP) is 3.93. The highest BCUT2D eigenvalue weighted by molar-refractivity contribution is 6.17. The van der Waals surface area contributed by atoms with Crippen LogP contribution in [-0.4, -0.2) is 35.3 Å². The molecular formula is C21H18N2O6. The van der Waals surface area contributed by atoms with Crippen LogP contribution in [0, 0.1) is 0 Å². The number of ether oxygens (including phenoxy) is 4. The van der Waals surface area contributed by atoms with Crippen LogP contribution in [0.5, 0.6) is 29.0 Å².